The first-order valence-electron chi connectivity index (χ1n) is 10.7. The number of aliphatic hydroxyl groups excluding tert-OH is 1. The van der Waals surface area contributed by atoms with Gasteiger partial charge in [-0.05, 0) is 19.8 Å². The monoisotopic (exact) mass is 445 g/mol. The van der Waals surface area contributed by atoms with Crippen molar-refractivity contribution in [1.29, 1.82) is 0 Å². The number of anilines is 3. The zero-order valence-electron chi connectivity index (χ0n) is 17.9. The molecule has 1 aromatic carbocycles. The van der Waals surface area contributed by atoms with Crippen LogP contribution in [0, 0.1) is 0 Å². The number of rotatable bonds is 9. The summed E-state index contributed by atoms with van der Waals surface area (Å²) in [5.41, 5.74) is 2.83. The van der Waals surface area contributed by atoms with Crippen LogP contribution in [0.2, 0.25) is 0 Å². The van der Waals surface area contributed by atoms with Crippen LogP contribution in [0.15, 0.2) is 53.1 Å². The molecule has 0 spiro atoms. The van der Waals surface area contributed by atoms with Crippen molar-refractivity contribution in [2.45, 2.75) is 38.3 Å². The van der Waals surface area contributed by atoms with Crippen LogP contribution in [-0.2, 0) is 6.54 Å². The Morgan fingerprint density at radius 2 is 2.00 bits per heavy atom. The molecular formula is C23H23N7O3. The predicted octanol–water partition coefficient (Wildman–Crippen LogP) is 3.65. The maximum Gasteiger partial charge on any atom is 0.225 e. The molecule has 1 saturated carbocycles. The Morgan fingerprint density at radius 1 is 1.18 bits per heavy atom. The molecule has 0 saturated heterocycles. The van der Waals surface area contributed by atoms with Crippen molar-refractivity contribution in [3.63, 3.8) is 0 Å². The smallest absolute Gasteiger partial charge is 0.225 e. The van der Waals surface area contributed by atoms with Gasteiger partial charge >= 0.3 is 0 Å². The Kier molecular flexibility index (Phi) is 5.57. The average molecular weight is 445 g/mol. The lowest BCUT2D eigenvalue weighted by Gasteiger charge is -2.10. The Hall–Kier alpha value is -4.05. The lowest BCUT2D eigenvalue weighted by atomic mass is 10.1. The number of nitrogens with zero attached hydrogens (tertiary/aromatic N) is 4. The lowest BCUT2D eigenvalue weighted by molar-refractivity contribution is 0.0774. The summed E-state index contributed by atoms with van der Waals surface area (Å²) >= 11 is 0. The average Bonchev–Trinajstić information content (AvgIpc) is 3.38. The SMILES string of the molecule is CC(O)C(=O)c1cc(Nc2cc(C3CC3)[nH]n2)nc(NCc2cc(-c3ccccc3)no2)n1. The van der Waals surface area contributed by atoms with Crippen molar-refractivity contribution in [3.8, 4) is 11.3 Å². The predicted molar refractivity (Wildman–Crippen MR) is 121 cm³/mol. The number of carbonyl (C=O) groups is 1. The van der Waals surface area contributed by atoms with Crippen LogP contribution >= 0.6 is 0 Å². The lowest BCUT2D eigenvalue weighted by Crippen LogP contribution is -2.19. The second-order valence-electron chi connectivity index (χ2n) is 8.01. The van der Waals surface area contributed by atoms with Gasteiger partial charge in [-0.15, -0.1) is 0 Å². The highest BCUT2D eigenvalue weighted by atomic mass is 16.5. The molecule has 1 atom stereocenters. The third kappa shape index (κ3) is 4.90. The Morgan fingerprint density at radius 3 is 2.76 bits per heavy atom. The van der Waals surface area contributed by atoms with E-state index in [0.717, 1.165) is 29.8 Å². The van der Waals surface area contributed by atoms with Crippen LogP contribution in [-0.4, -0.2) is 42.3 Å². The first-order valence-corrected chi connectivity index (χ1v) is 10.7. The number of benzene rings is 1. The van der Waals surface area contributed by atoms with E-state index in [0.29, 0.717) is 23.3 Å². The number of aliphatic hydroxyl groups is 1. The molecule has 5 rings (SSSR count). The molecule has 0 amide bonds. The maximum absolute atomic E-state index is 12.4. The minimum Gasteiger partial charge on any atom is -0.385 e. The topological polar surface area (TPSA) is 142 Å². The van der Waals surface area contributed by atoms with Crippen molar-refractivity contribution in [1.82, 2.24) is 25.3 Å². The van der Waals surface area contributed by atoms with Crippen LogP contribution in [0.1, 0.15) is 47.6 Å². The largest absolute Gasteiger partial charge is 0.385 e. The van der Waals surface area contributed by atoms with Gasteiger partial charge in [-0.2, -0.15) is 10.1 Å². The van der Waals surface area contributed by atoms with E-state index in [1.165, 1.54) is 13.0 Å². The highest BCUT2D eigenvalue weighted by molar-refractivity contribution is 5.98. The number of nitrogens with one attached hydrogen (secondary N) is 3. The van der Waals surface area contributed by atoms with Crippen molar-refractivity contribution >= 4 is 23.4 Å². The summed E-state index contributed by atoms with van der Waals surface area (Å²) in [5, 5.41) is 27.3. The van der Waals surface area contributed by atoms with Gasteiger partial charge in [-0.3, -0.25) is 9.89 Å². The van der Waals surface area contributed by atoms with Gasteiger partial charge in [0, 0.05) is 35.4 Å². The molecule has 168 valence electrons. The number of hydrogen-bond donors (Lipinski definition) is 4. The number of aromatic nitrogens is 5. The minimum absolute atomic E-state index is 0.0884. The molecule has 4 aromatic rings. The van der Waals surface area contributed by atoms with Crippen LogP contribution in [0.4, 0.5) is 17.6 Å². The Labute approximate surface area is 189 Å². The number of ketones is 1. The van der Waals surface area contributed by atoms with Crippen LogP contribution in [0.25, 0.3) is 11.3 Å². The maximum atomic E-state index is 12.4. The van der Waals surface area contributed by atoms with Gasteiger partial charge in [-0.25, -0.2) is 4.98 Å². The molecule has 0 radical (unpaired) electrons. The van der Waals surface area contributed by atoms with E-state index in [1.54, 1.807) is 0 Å². The molecule has 0 bridgehead atoms. The van der Waals surface area contributed by atoms with Crippen molar-refractivity contribution in [2.75, 3.05) is 10.6 Å². The Balaban J connectivity index is 1.34. The van der Waals surface area contributed by atoms with Crippen molar-refractivity contribution < 1.29 is 14.4 Å². The minimum atomic E-state index is -1.19. The van der Waals surface area contributed by atoms with Crippen LogP contribution in [0.3, 0.4) is 0 Å². The van der Waals surface area contributed by atoms with E-state index in [4.69, 9.17) is 4.52 Å². The van der Waals surface area contributed by atoms with E-state index in [1.807, 2.05) is 42.5 Å². The molecule has 0 aliphatic heterocycles. The quantitative estimate of drug-likeness (QED) is 0.284. The highest BCUT2D eigenvalue weighted by Crippen LogP contribution is 2.39. The van der Waals surface area contributed by atoms with Gasteiger partial charge in [0.25, 0.3) is 0 Å². The Bertz CT molecular complexity index is 1260. The third-order valence-corrected chi connectivity index (χ3v) is 5.28. The normalized spacial score (nSPS) is 14.1. The molecule has 10 heteroatoms. The molecule has 1 unspecified atom stereocenters. The fourth-order valence-electron chi connectivity index (χ4n) is 3.37. The zero-order valence-corrected chi connectivity index (χ0v) is 17.9. The van der Waals surface area contributed by atoms with E-state index >= 15 is 0 Å². The van der Waals surface area contributed by atoms with Gasteiger partial charge in [0.2, 0.25) is 11.7 Å². The fraction of sp³-hybridized carbons (Fsp3) is 0.261. The van der Waals surface area contributed by atoms with Crippen LogP contribution in [0.5, 0.6) is 0 Å². The molecule has 10 nitrogen and oxygen atoms in total. The van der Waals surface area contributed by atoms with E-state index in [9.17, 15) is 9.90 Å². The van der Waals surface area contributed by atoms with Gasteiger partial charge in [0.05, 0.1) is 6.54 Å². The number of hydrogen-bond acceptors (Lipinski definition) is 9. The second kappa shape index (κ2) is 8.83. The van der Waals surface area contributed by atoms with Crippen molar-refractivity contribution in [3.05, 3.63) is 65.7 Å². The third-order valence-electron chi connectivity index (χ3n) is 5.28. The molecule has 4 N–H and O–H groups in total. The number of H-pyrrole nitrogens is 1. The van der Waals surface area contributed by atoms with Crippen LogP contribution < -0.4 is 10.6 Å². The summed E-state index contributed by atoms with van der Waals surface area (Å²) in [7, 11) is 0. The molecule has 1 fully saturated rings. The number of Topliss-reactive ketones (excluding diaryl/α,β-unsaturated/α-hetero) is 1. The van der Waals surface area contributed by atoms with Gasteiger partial charge in [-0.1, -0.05) is 35.5 Å². The summed E-state index contributed by atoms with van der Waals surface area (Å²) in [6.07, 6.45) is 1.13. The fourth-order valence-corrected chi connectivity index (χ4v) is 3.37. The first kappa shape index (κ1) is 20.8. The van der Waals surface area contributed by atoms with Gasteiger partial charge in [0.1, 0.15) is 23.3 Å². The molecule has 3 heterocycles. The standard InChI is InChI=1S/C23H23N7O3/c1-13(31)22(32)19-11-20(26-21-10-17(28-29-21)15-7-8-15)27-23(25-19)24-12-16-9-18(30-33-16)14-5-3-2-4-6-14/h2-6,9-11,13,15,31H,7-8,12H2,1H3,(H3,24,25,26,27,28,29). The zero-order chi connectivity index (χ0) is 22.8. The molecular weight excluding hydrogens is 422 g/mol. The summed E-state index contributed by atoms with van der Waals surface area (Å²) < 4.78 is 5.41. The molecule has 1 aliphatic carbocycles. The van der Waals surface area contributed by atoms with E-state index < -0.39 is 11.9 Å². The van der Waals surface area contributed by atoms with E-state index in [2.05, 4.69) is 36.0 Å². The van der Waals surface area contributed by atoms with E-state index in [-0.39, 0.29) is 18.2 Å². The summed E-state index contributed by atoms with van der Waals surface area (Å²) in [6.45, 7) is 1.67. The van der Waals surface area contributed by atoms with Gasteiger partial charge < -0.3 is 20.3 Å². The van der Waals surface area contributed by atoms with Gasteiger partial charge in [0.15, 0.2) is 11.6 Å². The summed E-state index contributed by atoms with van der Waals surface area (Å²) in [5.74, 6) is 1.80. The van der Waals surface area contributed by atoms with Crippen molar-refractivity contribution in [2.24, 2.45) is 0 Å². The molecule has 33 heavy (non-hydrogen) atoms. The molecule has 1 aliphatic rings. The summed E-state index contributed by atoms with van der Waals surface area (Å²) in [4.78, 5) is 21.1. The number of carbonyl (C=O) groups excluding carboxylic acids is 1. The highest BCUT2D eigenvalue weighted by Gasteiger charge is 2.25. The molecule has 3 aromatic heterocycles. The second-order valence-corrected chi connectivity index (χ2v) is 8.01. The first-order chi connectivity index (χ1) is 16.0. The number of aromatic amines is 1. The summed E-state index contributed by atoms with van der Waals surface area (Å²) in [6, 6.07) is 15.0.